The molecule has 0 atom stereocenters. The number of amides is 3. The summed E-state index contributed by atoms with van der Waals surface area (Å²) in [5.41, 5.74) is 14.7. The van der Waals surface area contributed by atoms with Gasteiger partial charge in [-0.15, -0.1) is 0 Å². The van der Waals surface area contributed by atoms with Crippen LogP contribution in [-0.4, -0.2) is 23.4 Å². The Hall–Kier alpha value is -3.68. The van der Waals surface area contributed by atoms with Gasteiger partial charge in [0.05, 0.1) is 5.69 Å². The molecule has 6 N–H and O–H groups in total. The first kappa shape index (κ1) is 19.6. The molecule has 0 heterocycles. The molecule has 2 aromatic rings. The number of hydrogen-bond donors (Lipinski definition) is 4. The normalized spacial score (nSPS) is 10.2. The quantitative estimate of drug-likeness (QED) is 0.336. The third kappa shape index (κ3) is 5.40. The molecule has 0 bridgehead atoms. The van der Waals surface area contributed by atoms with Gasteiger partial charge in [-0.1, -0.05) is 26.0 Å². The maximum absolute atomic E-state index is 12.3. The van der Waals surface area contributed by atoms with Crippen LogP contribution >= 0.6 is 0 Å². The number of hydrazone groups is 1. The summed E-state index contributed by atoms with van der Waals surface area (Å²) >= 11 is 0. The van der Waals surface area contributed by atoms with E-state index in [0.717, 1.165) is 0 Å². The molecular weight excluding hydrogens is 346 g/mol. The molecule has 140 valence electrons. The molecule has 0 aliphatic carbocycles. The summed E-state index contributed by atoms with van der Waals surface area (Å²) in [6.45, 7) is 4.20. The van der Waals surface area contributed by atoms with Gasteiger partial charge >= 0.3 is 0 Å². The summed E-state index contributed by atoms with van der Waals surface area (Å²) in [5.74, 6) is -1.91. The summed E-state index contributed by atoms with van der Waals surface area (Å²) in [5, 5.41) is 6.39. The van der Waals surface area contributed by atoms with Crippen molar-refractivity contribution in [1.29, 1.82) is 0 Å². The largest absolute Gasteiger partial charge is 0.364 e. The maximum Gasteiger partial charge on any atom is 0.274 e. The predicted octanol–water partition coefficient (Wildman–Crippen LogP) is 1.80. The van der Waals surface area contributed by atoms with Gasteiger partial charge in [0.2, 0.25) is 5.71 Å². The van der Waals surface area contributed by atoms with Crippen molar-refractivity contribution in [2.24, 2.45) is 16.6 Å². The number of nitrogens with one attached hydrogen (secondary N) is 2. The first-order valence-corrected chi connectivity index (χ1v) is 8.22. The smallest absolute Gasteiger partial charge is 0.274 e. The topological polar surface area (TPSA) is 140 Å². The molecule has 8 nitrogen and oxygen atoms in total. The molecule has 0 spiro atoms. The van der Waals surface area contributed by atoms with Crippen LogP contribution in [0.25, 0.3) is 0 Å². The molecule has 0 saturated carbocycles. The van der Waals surface area contributed by atoms with Crippen LogP contribution in [0.4, 0.5) is 11.4 Å². The third-order valence-electron chi connectivity index (χ3n) is 3.75. The lowest BCUT2D eigenvalue weighted by Gasteiger charge is -2.09. The minimum absolute atomic E-state index is 0.266. The van der Waals surface area contributed by atoms with Crippen LogP contribution in [0, 0.1) is 0 Å². The second kappa shape index (κ2) is 8.61. The van der Waals surface area contributed by atoms with Gasteiger partial charge in [0.25, 0.3) is 17.7 Å². The zero-order valence-electron chi connectivity index (χ0n) is 15.0. The van der Waals surface area contributed by atoms with Gasteiger partial charge in [-0.25, -0.2) is 0 Å². The number of benzene rings is 2. The van der Waals surface area contributed by atoms with Crippen LogP contribution in [0.1, 0.15) is 35.7 Å². The first-order chi connectivity index (χ1) is 12.8. The highest BCUT2D eigenvalue weighted by molar-refractivity contribution is 6.64. The number of carbonyl (C=O) groups excluding carboxylic acids is 3. The van der Waals surface area contributed by atoms with E-state index in [1.165, 1.54) is 5.56 Å². The average molecular weight is 367 g/mol. The van der Waals surface area contributed by atoms with Crippen LogP contribution in [-0.2, 0) is 9.59 Å². The number of nitrogens with two attached hydrogens (primary N) is 2. The number of nitrogens with zero attached hydrogens (tertiary/aromatic N) is 1. The standard InChI is InChI=1S/C19H21N5O3/c1-11(2)12-3-7-14(8-4-12)22-19(27)13-5-9-15(10-6-13)23-24-16(17(20)25)18(21)26/h3-11,23H,1-2H3,(H2,20,25)(H2,21,26)(H,22,27). The first-order valence-electron chi connectivity index (χ1n) is 8.22. The highest BCUT2D eigenvalue weighted by atomic mass is 16.2. The van der Waals surface area contributed by atoms with E-state index < -0.39 is 17.5 Å². The van der Waals surface area contributed by atoms with Gasteiger partial charge in [0.1, 0.15) is 0 Å². The second-order valence-corrected chi connectivity index (χ2v) is 6.11. The van der Waals surface area contributed by atoms with Gasteiger partial charge in [0.15, 0.2) is 0 Å². The SMILES string of the molecule is CC(C)c1ccc(NC(=O)c2ccc(NN=C(C(N)=O)C(N)=O)cc2)cc1. The van der Waals surface area contributed by atoms with Crippen molar-refractivity contribution in [2.75, 3.05) is 10.7 Å². The molecule has 0 unspecified atom stereocenters. The summed E-state index contributed by atoms with van der Waals surface area (Å²) in [7, 11) is 0. The van der Waals surface area contributed by atoms with Crippen molar-refractivity contribution in [3.8, 4) is 0 Å². The number of rotatable bonds is 7. The Bertz CT molecular complexity index is 855. The Labute approximate surface area is 156 Å². The Morgan fingerprint density at radius 1 is 0.852 bits per heavy atom. The molecule has 0 aliphatic heterocycles. The van der Waals surface area contributed by atoms with E-state index in [-0.39, 0.29) is 5.91 Å². The second-order valence-electron chi connectivity index (χ2n) is 6.11. The van der Waals surface area contributed by atoms with Gasteiger partial charge in [0, 0.05) is 11.3 Å². The fourth-order valence-electron chi connectivity index (χ4n) is 2.20. The van der Waals surface area contributed by atoms with E-state index in [4.69, 9.17) is 11.5 Å². The highest BCUT2D eigenvalue weighted by Crippen LogP contribution is 2.18. The minimum atomic E-state index is -1.03. The molecular formula is C19H21N5O3. The number of primary amides is 2. The van der Waals surface area contributed by atoms with Crippen LogP contribution in [0.2, 0.25) is 0 Å². The minimum Gasteiger partial charge on any atom is -0.364 e. The summed E-state index contributed by atoms with van der Waals surface area (Å²) in [4.78, 5) is 34.4. The van der Waals surface area contributed by atoms with Crippen molar-refractivity contribution >= 4 is 34.8 Å². The van der Waals surface area contributed by atoms with Crippen molar-refractivity contribution in [2.45, 2.75) is 19.8 Å². The van der Waals surface area contributed by atoms with Crippen molar-refractivity contribution in [3.63, 3.8) is 0 Å². The van der Waals surface area contributed by atoms with E-state index >= 15 is 0 Å². The molecule has 0 fully saturated rings. The lowest BCUT2D eigenvalue weighted by molar-refractivity contribution is -0.115. The number of anilines is 2. The van der Waals surface area contributed by atoms with Crippen LogP contribution < -0.4 is 22.2 Å². The molecule has 27 heavy (non-hydrogen) atoms. The molecule has 2 aromatic carbocycles. The average Bonchev–Trinajstić information content (AvgIpc) is 2.62. The summed E-state index contributed by atoms with van der Waals surface area (Å²) < 4.78 is 0. The van der Waals surface area contributed by atoms with Gasteiger partial charge in [-0.05, 0) is 47.9 Å². The molecule has 0 aliphatic rings. The van der Waals surface area contributed by atoms with Crippen molar-refractivity contribution < 1.29 is 14.4 Å². The van der Waals surface area contributed by atoms with E-state index in [1.807, 2.05) is 24.3 Å². The monoisotopic (exact) mass is 367 g/mol. The van der Waals surface area contributed by atoms with E-state index in [9.17, 15) is 14.4 Å². The van der Waals surface area contributed by atoms with E-state index in [0.29, 0.717) is 22.9 Å². The Morgan fingerprint density at radius 3 is 1.85 bits per heavy atom. The maximum atomic E-state index is 12.3. The third-order valence-corrected chi connectivity index (χ3v) is 3.75. The lowest BCUT2D eigenvalue weighted by Crippen LogP contribution is -2.36. The molecule has 0 saturated heterocycles. The molecule has 8 heteroatoms. The predicted molar refractivity (Wildman–Crippen MR) is 104 cm³/mol. The number of hydrogen-bond acceptors (Lipinski definition) is 5. The van der Waals surface area contributed by atoms with Crippen molar-refractivity contribution in [1.82, 2.24) is 0 Å². The lowest BCUT2D eigenvalue weighted by atomic mass is 10.0. The fourth-order valence-corrected chi connectivity index (χ4v) is 2.20. The molecule has 0 aromatic heterocycles. The van der Waals surface area contributed by atoms with Crippen LogP contribution in [0.3, 0.4) is 0 Å². The van der Waals surface area contributed by atoms with Crippen LogP contribution in [0.15, 0.2) is 53.6 Å². The van der Waals surface area contributed by atoms with Gasteiger partial charge < -0.3 is 16.8 Å². The molecule has 2 rings (SSSR count). The van der Waals surface area contributed by atoms with Crippen molar-refractivity contribution in [3.05, 3.63) is 59.7 Å². The summed E-state index contributed by atoms with van der Waals surface area (Å²) in [6.07, 6.45) is 0. The Kier molecular flexibility index (Phi) is 6.27. The molecule has 0 radical (unpaired) electrons. The van der Waals surface area contributed by atoms with Gasteiger partial charge in [-0.2, -0.15) is 5.10 Å². The van der Waals surface area contributed by atoms with Crippen LogP contribution in [0.5, 0.6) is 0 Å². The highest BCUT2D eigenvalue weighted by Gasteiger charge is 2.14. The Morgan fingerprint density at radius 2 is 1.37 bits per heavy atom. The zero-order chi connectivity index (χ0) is 20.0. The van der Waals surface area contributed by atoms with E-state index in [2.05, 4.69) is 29.7 Å². The summed E-state index contributed by atoms with van der Waals surface area (Å²) in [6, 6.07) is 13.9. The van der Waals surface area contributed by atoms with E-state index in [1.54, 1.807) is 24.3 Å². The fraction of sp³-hybridized carbons (Fsp3) is 0.158. The van der Waals surface area contributed by atoms with Gasteiger partial charge in [-0.3, -0.25) is 19.8 Å². The zero-order valence-corrected chi connectivity index (χ0v) is 15.0. The number of carbonyl (C=O) groups is 3. The Balaban J connectivity index is 2.03. The molecule has 3 amide bonds.